The Kier molecular flexibility index (Phi) is 6.35. The fourth-order valence-corrected chi connectivity index (χ4v) is 3.61. The van der Waals surface area contributed by atoms with Crippen LogP contribution in [0.2, 0.25) is 10.0 Å². The van der Waals surface area contributed by atoms with Crippen molar-refractivity contribution in [3.05, 3.63) is 63.4 Å². The lowest BCUT2D eigenvalue weighted by molar-refractivity contribution is 0.177. The molecule has 3 nitrogen and oxygen atoms in total. The SMILES string of the molecule is Cc1ccc(Cl)cc1NC(=S)N1CCN(Cc2ccc(F)cc2Cl)CC1. The Morgan fingerprint density at radius 1 is 1.12 bits per heavy atom. The molecule has 0 aromatic heterocycles. The average Bonchev–Trinajstić information content (AvgIpc) is 2.61. The van der Waals surface area contributed by atoms with E-state index in [1.807, 2.05) is 25.1 Å². The van der Waals surface area contributed by atoms with E-state index in [0.717, 1.165) is 43.0 Å². The lowest BCUT2D eigenvalue weighted by Crippen LogP contribution is -2.49. The van der Waals surface area contributed by atoms with Crippen molar-refractivity contribution >= 4 is 46.2 Å². The highest BCUT2D eigenvalue weighted by molar-refractivity contribution is 7.80. The van der Waals surface area contributed by atoms with Crippen molar-refractivity contribution in [1.82, 2.24) is 9.80 Å². The standard InChI is InChI=1S/C19H20Cl2FN3S/c1-13-2-4-15(20)10-18(13)23-19(26)25-8-6-24(7-9-25)12-14-3-5-16(22)11-17(14)21/h2-5,10-11H,6-9,12H2,1H3,(H,23,26). The van der Waals surface area contributed by atoms with E-state index >= 15 is 0 Å². The third kappa shape index (κ3) is 4.86. The second-order valence-corrected chi connectivity index (χ2v) is 7.62. The molecular formula is C19H20Cl2FN3S. The molecule has 0 aliphatic carbocycles. The van der Waals surface area contributed by atoms with Crippen molar-refractivity contribution in [3.63, 3.8) is 0 Å². The number of benzene rings is 2. The number of thiocarbonyl (C=S) groups is 1. The van der Waals surface area contributed by atoms with Crippen LogP contribution in [0.25, 0.3) is 0 Å². The summed E-state index contributed by atoms with van der Waals surface area (Å²) in [6, 6.07) is 10.3. The van der Waals surface area contributed by atoms with Crippen molar-refractivity contribution < 1.29 is 4.39 Å². The molecule has 7 heteroatoms. The number of aryl methyl sites for hydroxylation is 1. The van der Waals surface area contributed by atoms with Gasteiger partial charge in [-0.2, -0.15) is 0 Å². The molecule has 26 heavy (non-hydrogen) atoms. The Morgan fingerprint density at radius 3 is 2.54 bits per heavy atom. The number of nitrogens with one attached hydrogen (secondary N) is 1. The van der Waals surface area contributed by atoms with E-state index in [9.17, 15) is 4.39 Å². The lowest BCUT2D eigenvalue weighted by Gasteiger charge is -2.36. The van der Waals surface area contributed by atoms with Crippen LogP contribution in [0, 0.1) is 12.7 Å². The highest BCUT2D eigenvalue weighted by atomic mass is 35.5. The van der Waals surface area contributed by atoms with E-state index < -0.39 is 0 Å². The summed E-state index contributed by atoms with van der Waals surface area (Å²) in [5.74, 6) is -0.309. The molecule has 1 fully saturated rings. The van der Waals surface area contributed by atoms with Crippen molar-refractivity contribution in [2.24, 2.45) is 0 Å². The van der Waals surface area contributed by atoms with Crippen LogP contribution >= 0.6 is 35.4 Å². The summed E-state index contributed by atoms with van der Waals surface area (Å²) in [5.41, 5.74) is 2.97. The quantitative estimate of drug-likeness (QED) is 0.719. The Balaban J connectivity index is 1.54. The van der Waals surface area contributed by atoms with Crippen LogP contribution < -0.4 is 5.32 Å². The molecule has 0 unspecified atom stereocenters. The molecular weight excluding hydrogens is 392 g/mol. The summed E-state index contributed by atoms with van der Waals surface area (Å²) in [7, 11) is 0. The Morgan fingerprint density at radius 2 is 1.85 bits per heavy atom. The van der Waals surface area contributed by atoms with Crippen molar-refractivity contribution in [2.45, 2.75) is 13.5 Å². The predicted octanol–water partition coefficient (Wildman–Crippen LogP) is 4.96. The molecule has 1 aliphatic rings. The zero-order chi connectivity index (χ0) is 18.7. The third-order valence-electron chi connectivity index (χ3n) is 4.51. The summed E-state index contributed by atoms with van der Waals surface area (Å²) in [6.07, 6.45) is 0. The first kappa shape index (κ1) is 19.4. The van der Waals surface area contributed by atoms with Gasteiger partial charge in [0, 0.05) is 48.5 Å². The van der Waals surface area contributed by atoms with Gasteiger partial charge >= 0.3 is 0 Å². The van der Waals surface area contributed by atoms with Gasteiger partial charge in [-0.25, -0.2) is 4.39 Å². The number of hydrogen-bond donors (Lipinski definition) is 1. The number of rotatable bonds is 3. The van der Waals surface area contributed by atoms with E-state index in [2.05, 4.69) is 15.1 Å². The van der Waals surface area contributed by atoms with E-state index in [1.54, 1.807) is 6.07 Å². The van der Waals surface area contributed by atoms with Gasteiger partial charge in [0.15, 0.2) is 5.11 Å². The third-order valence-corrected chi connectivity index (χ3v) is 5.46. The minimum Gasteiger partial charge on any atom is -0.346 e. The molecule has 1 heterocycles. The maximum atomic E-state index is 13.2. The molecule has 0 radical (unpaired) electrons. The maximum Gasteiger partial charge on any atom is 0.173 e. The number of halogens is 3. The van der Waals surface area contributed by atoms with Crippen LogP contribution in [0.4, 0.5) is 10.1 Å². The van der Waals surface area contributed by atoms with E-state index in [4.69, 9.17) is 35.4 Å². The van der Waals surface area contributed by atoms with Crippen molar-refractivity contribution in [3.8, 4) is 0 Å². The zero-order valence-electron chi connectivity index (χ0n) is 14.4. The molecule has 2 aromatic rings. The summed E-state index contributed by atoms with van der Waals surface area (Å²) >= 11 is 17.7. The van der Waals surface area contributed by atoms with Gasteiger partial charge in [0.25, 0.3) is 0 Å². The van der Waals surface area contributed by atoms with Gasteiger partial charge in [0.1, 0.15) is 5.82 Å². The molecule has 1 saturated heterocycles. The summed E-state index contributed by atoms with van der Waals surface area (Å²) in [5, 5.41) is 5.15. The van der Waals surface area contributed by atoms with Gasteiger partial charge in [-0.1, -0.05) is 35.3 Å². The van der Waals surface area contributed by atoms with E-state index in [1.165, 1.54) is 12.1 Å². The molecule has 1 aliphatic heterocycles. The number of piperazine rings is 1. The Hall–Kier alpha value is -1.40. The number of nitrogens with zero attached hydrogens (tertiary/aromatic N) is 2. The second-order valence-electron chi connectivity index (χ2n) is 6.39. The molecule has 3 rings (SSSR count). The van der Waals surface area contributed by atoms with Crippen LogP contribution in [-0.2, 0) is 6.54 Å². The van der Waals surface area contributed by atoms with Gasteiger partial charge < -0.3 is 10.2 Å². The molecule has 138 valence electrons. The molecule has 2 aromatic carbocycles. The second kappa shape index (κ2) is 8.53. The van der Waals surface area contributed by atoms with Crippen LogP contribution in [0.1, 0.15) is 11.1 Å². The first-order valence-electron chi connectivity index (χ1n) is 8.41. The van der Waals surface area contributed by atoms with Gasteiger partial charge in [-0.15, -0.1) is 0 Å². The Bertz CT molecular complexity index is 807. The van der Waals surface area contributed by atoms with Crippen LogP contribution in [0.15, 0.2) is 36.4 Å². The van der Waals surface area contributed by atoms with Crippen molar-refractivity contribution in [1.29, 1.82) is 0 Å². The van der Waals surface area contributed by atoms with Crippen LogP contribution in [0.5, 0.6) is 0 Å². The fourth-order valence-electron chi connectivity index (χ4n) is 2.92. The maximum absolute atomic E-state index is 13.2. The van der Waals surface area contributed by atoms with Gasteiger partial charge in [-0.3, -0.25) is 4.90 Å². The first-order chi connectivity index (χ1) is 12.4. The van der Waals surface area contributed by atoms with E-state index in [0.29, 0.717) is 21.7 Å². The largest absolute Gasteiger partial charge is 0.346 e. The summed E-state index contributed by atoms with van der Waals surface area (Å²) < 4.78 is 13.2. The smallest absolute Gasteiger partial charge is 0.173 e. The number of hydrogen-bond acceptors (Lipinski definition) is 2. The van der Waals surface area contributed by atoms with Crippen molar-refractivity contribution in [2.75, 3.05) is 31.5 Å². The first-order valence-corrected chi connectivity index (χ1v) is 9.57. The normalized spacial score (nSPS) is 15.2. The predicted molar refractivity (Wildman–Crippen MR) is 111 cm³/mol. The summed E-state index contributed by atoms with van der Waals surface area (Å²) in [6.45, 7) is 6.11. The zero-order valence-corrected chi connectivity index (χ0v) is 16.8. The lowest BCUT2D eigenvalue weighted by atomic mass is 10.2. The minimum atomic E-state index is -0.309. The molecule has 0 saturated carbocycles. The molecule has 0 atom stereocenters. The monoisotopic (exact) mass is 411 g/mol. The molecule has 0 amide bonds. The highest BCUT2D eigenvalue weighted by Crippen LogP contribution is 2.22. The van der Waals surface area contributed by atoms with Gasteiger partial charge in [0.05, 0.1) is 0 Å². The van der Waals surface area contributed by atoms with Crippen LogP contribution in [0.3, 0.4) is 0 Å². The summed E-state index contributed by atoms with van der Waals surface area (Å²) in [4.78, 5) is 4.45. The van der Waals surface area contributed by atoms with Gasteiger partial charge in [0.2, 0.25) is 0 Å². The fraction of sp³-hybridized carbons (Fsp3) is 0.316. The average molecular weight is 412 g/mol. The molecule has 1 N–H and O–H groups in total. The van der Waals surface area contributed by atoms with Crippen LogP contribution in [-0.4, -0.2) is 41.1 Å². The Labute approximate surface area is 168 Å². The minimum absolute atomic E-state index is 0.309. The van der Waals surface area contributed by atoms with Gasteiger partial charge in [-0.05, 0) is 54.5 Å². The van der Waals surface area contributed by atoms with E-state index in [-0.39, 0.29) is 5.82 Å². The molecule has 0 spiro atoms. The topological polar surface area (TPSA) is 18.5 Å². The number of anilines is 1. The molecule has 0 bridgehead atoms. The highest BCUT2D eigenvalue weighted by Gasteiger charge is 2.20.